The van der Waals surface area contributed by atoms with Gasteiger partial charge in [0.15, 0.2) is 0 Å². The number of nitrogens with zero attached hydrogens (tertiary/aromatic N) is 3. The van der Waals surface area contributed by atoms with Crippen LogP contribution in [-0.2, 0) is 4.74 Å². The van der Waals surface area contributed by atoms with Gasteiger partial charge in [-0.1, -0.05) is 0 Å². The van der Waals surface area contributed by atoms with Crippen LogP contribution in [0.4, 0.5) is 11.5 Å². The normalized spacial score (nSPS) is 18.6. The Bertz CT molecular complexity index is 941. The van der Waals surface area contributed by atoms with Crippen molar-refractivity contribution in [2.24, 2.45) is 0 Å². The van der Waals surface area contributed by atoms with Crippen LogP contribution in [0, 0.1) is 6.92 Å². The molecule has 1 fully saturated rings. The number of aryl methyl sites for hydroxylation is 1. The van der Waals surface area contributed by atoms with Crippen LogP contribution in [0.3, 0.4) is 0 Å². The highest BCUT2D eigenvalue weighted by atomic mass is 16.6. The average Bonchev–Trinajstić information content (AvgIpc) is 3.01. The monoisotopic (exact) mass is 364 g/mol. The first-order chi connectivity index (χ1) is 13.0. The Morgan fingerprint density at radius 2 is 2.00 bits per heavy atom. The number of hydrogen-bond acceptors (Lipinski definition) is 6. The first-order valence-electron chi connectivity index (χ1n) is 9.24. The molecule has 0 aliphatic carbocycles. The van der Waals surface area contributed by atoms with Gasteiger partial charge in [0.05, 0.1) is 29.8 Å². The standard InChI is InChI=1S/C21H24N4O2/c1-14-23-11-16(12-24-14)25-20-19-5-4-17(10-15(19)7-9-22-20)26-13-18-6-8-21(2,3)27-18/h4-5,7,9-12,18H,6,8,13H2,1-3H3,(H,22,25). The van der Waals surface area contributed by atoms with Gasteiger partial charge < -0.3 is 14.8 Å². The molecule has 6 heteroatoms. The number of fused-ring (bicyclic) bond motifs is 1. The number of anilines is 2. The van der Waals surface area contributed by atoms with Crippen molar-refractivity contribution in [3.63, 3.8) is 0 Å². The third-order valence-corrected chi connectivity index (χ3v) is 4.77. The number of benzene rings is 1. The molecule has 0 bridgehead atoms. The van der Waals surface area contributed by atoms with Crippen molar-refractivity contribution in [2.75, 3.05) is 11.9 Å². The molecule has 1 aromatic carbocycles. The van der Waals surface area contributed by atoms with Crippen LogP contribution in [0.15, 0.2) is 42.9 Å². The SMILES string of the molecule is Cc1ncc(Nc2nccc3cc(OCC4CCC(C)(C)O4)ccc23)cn1. The molecule has 6 nitrogen and oxygen atoms in total. The highest BCUT2D eigenvalue weighted by Crippen LogP contribution is 2.31. The van der Waals surface area contributed by atoms with Crippen LogP contribution in [0.25, 0.3) is 10.8 Å². The van der Waals surface area contributed by atoms with Gasteiger partial charge in [0.25, 0.3) is 0 Å². The van der Waals surface area contributed by atoms with E-state index < -0.39 is 0 Å². The number of ether oxygens (including phenoxy) is 2. The van der Waals surface area contributed by atoms with Gasteiger partial charge in [0.1, 0.15) is 24.0 Å². The van der Waals surface area contributed by atoms with E-state index in [0.717, 1.165) is 46.7 Å². The second-order valence-corrected chi connectivity index (χ2v) is 7.54. The lowest BCUT2D eigenvalue weighted by atomic mass is 10.1. The van der Waals surface area contributed by atoms with Gasteiger partial charge in [0.2, 0.25) is 0 Å². The Morgan fingerprint density at radius 3 is 2.74 bits per heavy atom. The summed E-state index contributed by atoms with van der Waals surface area (Å²) in [5, 5.41) is 5.36. The number of aromatic nitrogens is 3. The minimum atomic E-state index is -0.0383. The van der Waals surface area contributed by atoms with Crippen LogP contribution in [0.5, 0.6) is 5.75 Å². The van der Waals surface area contributed by atoms with E-state index >= 15 is 0 Å². The summed E-state index contributed by atoms with van der Waals surface area (Å²) in [5.41, 5.74) is 0.769. The van der Waals surface area contributed by atoms with E-state index in [9.17, 15) is 0 Å². The van der Waals surface area contributed by atoms with Crippen molar-refractivity contribution in [3.8, 4) is 5.75 Å². The minimum absolute atomic E-state index is 0.0383. The molecular weight excluding hydrogens is 340 g/mol. The Morgan fingerprint density at radius 1 is 1.19 bits per heavy atom. The molecule has 0 spiro atoms. The molecule has 0 saturated carbocycles. The quantitative estimate of drug-likeness (QED) is 0.723. The first kappa shape index (κ1) is 17.7. The zero-order valence-electron chi connectivity index (χ0n) is 15.9. The summed E-state index contributed by atoms with van der Waals surface area (Å²) in [5.74, 6) is 2.35. The molecule has 0 amide bonds. The van der Waals surface area contributed by atoms with E-state index in [1.165, 1.54) is 0 Å². The molecule has 27 heavy (non-hydrogen) atoms. The fourth-order valence-electron chi connectivity index (χ4n) is 3.32. The minimum Gasteiger partial charge on any atom is -0.491 e. The molecule has 3 aromatic rings. The maximum atomic E-state index is 6.00. The van der Waals surface area contributed by atoms with E-state index in [1.807, 2.05) is 31.2 Å². The average molecular weight is 364 g/mol. The van der Waals surface area contributed by atoms with Crippen molar-refractivity contribution < 1.29 is 9.47 Å². The molecule has 1 aliphatic heterocycles. The summed E-state index contributed by atoms with van der Waals surface area (Å²) in [6, 6.07) is 8.01. The Balaban J connectivity index is 1.49. The Kier molecular flexibility index (Phi) is 4.66. The molecule has 4 rings (SSSR count). The highest BCUT2D eigenvalue weighted by molar-refractivity contribution is 5.93. The highest BCUT2D eigenvalue weighted by Gasteiger charge is 2.31. The van der Waals surface area contributed by atoms with Crippen molar-refractivity contribution in [1.82, 2.24) is 15.0 Å². The maximum absolute atomic E-state index is 6.00. The lowest BCUT2D eigenvalue weighted by Crippen LogP contribution is -2.23. The molecular formula is C21H24N4O2. The molecule has 0 radical (unpaired) electrons. The first-order valence-corrected chi connectivity index (χ1v) is 9.24. The third-order valence-electron chi connectivity index (χ3n) is 4.77. The fourth-order valence-corrected chi connectivity index (χ4v) is 3.32. The van der Waals surface area contributed by atoms with E-state index in [-0.39, 0.29) is 11.7 Å². The van der Waals surface area contributed by atoms with E-state index in [1.54, 1.807) is 18.6 Å². The third kappa shape index (κ3) is 4.17. The van der Waals surface area contributed by atoms with Gasteiger partial charge in [-0.05, 0) is 63.3 Å². The number of pyridine rings is 1. The zero-order chi connectivity index (χ0) is 18.9. The summed E-state index contributed by atoms with van der Waals surface area (Å²) < 4.78 is 12.0. The largest absolute Gasteiger partial charge is 0.491 e. The molecule has 3 heterocycles. The van der Waals surface area contributed by atoms with Gasteiger partial charge >= 0.3 is 0 Å². The summed E-state index contributed by atoms with van der Waals surface area (Å²) in [6.07, 6.45) is 7.56. The van der Waals surface area contributed by atoms with E-state index in [4.69, 9.17) is 9.47 Å². The topological polar surface area (TPSA) is 69.2 Å². The second kappa shape index (κ2) is 7.12. The van der Waals surface area contributed by atoms with Crippen molar-refractivity contribution >= 4 is 22.3 Å². The van der Waals surface area contributed by atoms with Crippen LogP contribution >= 0.6 is 0 Å². The van der Waals surface area contributed by atoms with Gasteiger partial charge in [-0.3, -0.25) is 0 Å². The number of nitrogens with one attached hydrogen (secondary N) is 1. The smallest absolute Gasteiger partial charge is 0.138 e. The molecule has 1 atom stereocenters. The van der Waals surface area contributed by atoms with Crippen molar-refractivity contribution in [2.45, 2.75) is 45.3 Å². The van der Waals surface area contributed by atoms with Crippen molar-refractivity contribution in [1.29, 1.82) is 0 Å². The summed E-state index contributed by atoms with van der Waals surface area (Å²) in [6.45, 7) is 6.69. The van der Waals surface area contributed by atoms with Gasteiger partial charge in [-0.25, -0.2) is 15.0 Å². The predicted molar refractivity (Wildman–Crippen MR) is 105 cm³/mol. The van der Waals surface area contributed by atoms with Gasteiger partial charge in [-0.15, -0.1) is 0 Å². The van der Waals surface area contributed by atoms with Crippen LogP contribution < -0.4 is 10.1 Å². The maximum Gasteiger partial charge on any atom is 0.138 e. The van der Waals surface area contributed by atoms with Crippen LogP contribution in [-0.4, -0.2) is 33.3 Å². The predicted octanol–water partition coefficient (Wildman–Crippen LogP) is 4.41. The number of rotatable bonds is 5. The van der Waals surface area contributed by atoms with Crippen LogP contribution in [0.1, 0.15) is 32.5 Å². The van der Waals surface area contributed by atoms with E-state index in [2.05, 4.69) is 34.1 Å². The molecule has 140 valence electrons. The molecule has 1 N–H and O–H groups in total. The zero-order valence-corrected chi connectivity index (χ0v) is 15.9. The lowest BCUT2D eigenvalue weighted by Gasteiger charge is -2.19. The van der Waals surface area contributed by atoms with Gasteiger partial charge in [0, 0.05) is 11.6 Å². The van der Waals surface area contributed by atoms with Gasteiger partial charge in [-0.2, -0.15) is 0 Å². The van der Waals surface area contributed by atoms with Crippen LogP contribution in [0.2, 0.25) is 0 Å². The summed E-state index contributed by atoms with van der Waals surface area (Å²) in [7, 11) is 0. The fraction of sp³-hybridized carbons (Fsp3) is 0.381. The molecule has 1 saturated heterocycles. The van der Waals surface area contributed by atoms with E-state index in [0.29, 0.717) is 6.61 Å². The molecule has 1 unspecified atom stereocenters. The summed E-state index contributed by atoms with van der Waals surface area (Å²) >= 11 is 0. The second-order valence-electron chi connectivity index (χ2n) is 7.54. The van der Waals surface area contributed by atoms with Crippen molar-refractivity contribution in [3.05, 3.63) is 48.7 Å². The molecule has 2 aromatic heterocycles. The summed E-state index contributed by atoms with van der Waals surface area (Å²) in [4.78, 5) is 12.9. The Hall–Kier alpha value is -2.73. The lowest BCUT2D eigenvalue weighted by molar-refractivity contribution is -0.0326. The number of hydrogen-bond donors (Lipinski definition) is 1. The molecule has 1 aliphatic rings. The Labute approximate surface area is 159 Å².